The molecule has 2 heterocycles. The molecule has 0 unspecified atom stereocenters. The van der Waals surface area contributed by atoms with Crippen molar-refractivity contribution in [2.24, 2.45) is 0 Å². The maximum Gasteiger partial charge on any atom is 0.179 e. The summed E-state index contributed by atoms with van der Waals surface area (Å²) in [5, 5.41) is 8.71. The minimum absolute atomic E-state index is 0.588. The van der Waals surface area contributed by atoms with E-state index in [4.69, 9.17) is 17.3 Å². The van der Waals surface area contributed by atoms with Crippen molar-refractivity contribution in [2.75, 3.05) is 5.73 Å². The van der Waals surface area contributed by atoms with Crippen molar-refractivity contribution in [2.45, 2.75) is 0 Å². The number of anilines is 1. The first-order valence-electron chi connectivity index (χ1n) is 4.96. The Balaban J connectivity index is 2.31. The second kappa shape index (κ2) is 3.71. The molecule has 0 aliphatic heterocycles. The number of nitrogen functional groups attached to an aromatic ring is 1. The molecule has 0 saturated carbocycles. The van der Waals surface area contributed by atoms with E-state index in [0.29, 0.717) is 22.2 Å². The molecule has 0 aliphatic carbocycles. The van der Waals surface area contributed by atoms with Gasteiger partial charge in [-0.25, -0.2) is 0 Å². The Labute approximate surface area is 102 Å². The maximum absolute atomic E-state index is 6.14. The second-order valence-corrected chi connectivity index (χ2v) is 3.97. The Kier molecular flexibility index (Phi) is 2.19. The Morgan fingerprint density at radius 1 is 1.24 bits per heavy atom. The molecule has 5 nitrogen and oxygen atoms in total. The topological polar surface area (TPSA) is 69.1 Å². The summed E-state index contributed by atoms with van der Waals surface area (Å²) in [5.41, 5.74) is 7.81. The van der Waals surface area contributed by atoms with Crippen LogP contribution in [0.4, 0.5) is 5.69 Å². The zero-order chi connectivity index (χ0) is 11.8. The van der Waals surface area contributed by atoms with Gasteiger partial charge in [-0.1, -0.05) is 11.6 Å². The number of rotatable bonds is 1. The SMILES string of the molecule is Nc1ccc(Cl)c(-c2nnc3cnccn23)c1. The molecule has 2 aromatic heterocycles. The lowest BCUT2D eigenvalue weighted by Crippen LogP contribution is -1.92. The molecule has 0 spiro atoms. The molecule has 6 heteroatoms. The van der Waals surface area contributed by atoms with Crippen LogP contribution in [0.15, 0.2) is 36.8 Å². The number of fused-ring (bicyclic) bond motifs is 1. The summed E-state index contributed by atoms with van der Waals surface area (Å²) < 4.78 is 1.81. The summed E-state index contributed by atoms with van der Waals surface area (Å²) in [5.74, 6) is 0.653. The Hall–Kier alpha value is -2.14. The van der Waals surface area contributed by atoms with Crippen molar-refractivity contribution < 1.29 is 0 Å². The van der Waals surface area contributed by atoms with E-state index in [1.165, 1.54) is 0 Å². The zero-order valence-electron chi connectivity index (χ0n) is 8.71. The number of hydrogen-bond acceptors (Lipinski definition) is 4. The van der Waals surface area contributed by atoms with E-state index >= 15 is 0 Å². The van der Waals surface area contributed by atoms with Crippen LogP contribution in [-0.2, 0) is 0 Å². The van der Waals surface area contributed by atoms with E-state index in [-0.39, 0.29) is 0 Å². The van der Waals surface area contributed by atoms with Crippen molar-refractivity contribution in [3.05, 3.63) is 41.8 Å². The van der Waals surface area contributed by atoms with Gasteiger partial charge in [0.25, 0.3) is 0 Å². The Morgan fingerprint density at radius 2 is 2.12 bits per heavy atom. The summed E-state index contributed by atoms with van der Waals surface area (Å²) in [6, 6.07) is 5.27. The molecule has 0 aliphatic rings. The molecule has 0 amide bonds. The number of halogens is 1. The summed E-state index contributed by atoms with van der Waals surface area (Å²) >= 11 is 6.14. The molecule has 1 aromatic carbocycles. The minimum atomic E-state index is 0.588. The predicted molar refractivity (Wildman–Crippen MR) is 65.6 cm³/mol. The van der Waals surface area contributed by atoms with E-state index in [1.807, 2.05) is 4.40 Å². The second-order valence-electron chi connectivity index (χ2n) is 3.57. The van der Waals surface area contributed by atoms with Crippen molar-refractivity contribution >= 4 is 22.9 Å². The van der Waals surface area contributed by atoms with Crippen molar-refractivity contribution in [3.63, 3.8) is 0 Å². The standard InChI is InChI=1S/C11H8ClN5/c12-9-2-1-7(13)5-8(9)11-16-15-10-6-14-3-4-17(10)11/h1-6H,13H2. The van der Waals surface area contributed by atoms with Crippen LogP contribution in [0.1, 0.15) is 0 Å². The number of hydrogen-bond donors (Lipinski definition) is 1. The van der Waals surface area contributed by atoms with Gasteiger partial charge >= 0.3 is 0 Å². The van der Waals surface area contributed by atoms with E-state index < -0.39 is 0 Å². The van der Waals surface area contributed by atoms with Crippen LogP contribution in [0.2, 0.25) is 5.02 Å². The van der Waals surface area contributed by atoms with Crippen LogP contribution in [-0.4, -0.2) is 19.6 Å². The van der Waals surface area contributed by atoms with Gasteiger partial charge in [0.05, 0.1) is 11.2 Å². The third kappa shape index (κ3) is 1.60. The smallest absolute Gasteiger partial charge is 0.179 e. The van der Waals surface area contributed by atoms with Crippen molar-refractivity contribution in [1.29, 1.82) is 0 Å². The highest BCUT2D eigenvalue weighted by atomic mass is 35.5. The van der Waals surface area contributed by atoms with E-state index in [1.54, 1.807) is 36.8 Å². The molecule has 0 fully saturated rings. The molecule has 0 radical (unpaired) electrons. The summed E-state index contributed by atoms with van der Waals surface area (Å²) in [6.07, 6.45) is 5.08. The average molecular weight is 246 g/mol. The van der Waals surface area contributed by atoms with Crippen LogP contribution in [0.5, 0.6) is 0 Å². The number of nitrogens with two attached hydrogens (primary N) is 1. The van der Waals surface area contributed by atoms with Crippen LogP contribution < -0.4 is 5.73 Å². The minimum Gasteiger partial charge on any atom is -0.399 e. The van der Waals surface area contributed by atoms with Crippen molar-refractivity contribution in [3.8, 4) is 11.4 Å². The van der Waals surface area contributed by atoms with Gasteiger partial charge in [-0.3, -0.25) is 9.38 Å². The van der Waals surface area contributed by atoms with Crippen LogP contribution >= 0.6 is 11.6 Å². The largest absolute Gasteiger partial charge is 0.399 e. The predicted octanol–water partition coefficient (Wildman–Crippen LogP) is 2.03. The van der Waals surface area contributed by atoms with Gasteiger partial charge in [-0.2, -0.15) is 0 Å². The molecule has 17 heavy (non-hydrogen) atoms. The van der Waals surface area contributed by atoms with Crippen LogP contribution in [0.3, 0.4) is 0 Å². The van der Waals surface area contributed by atoms with Crippen molar-refractivity contribution in [1.82, 2.24) is 19.6 Å². The molecule has 2 N–H and O–H groups in total. The van der Waals surface area contributed by atoms with Crippen LogP contribution in [0.25, 0.3) is 17.0 Å². The quantitative estimate of drug-likeness (QED) is 0.666. The molecule has 0 saturated heterocycles. The lowest BCUT2D eigenvalue weighted by atomic mass is 10.2. The monoisotopic (exact) mass is 245 g/mol. The van der Waals surface area contributed by atoms with Gasteiger partial charge in [0.2, 0.25) is 0 Å². The van der Waals surface area contributed by atoms with E-state index in [9.17, 15) is 0 Å². The third-order valence-corrected chi connectivity index (χ3v) is 2.77. The van der Waals surface area contributed by atoms with Gasteiger partial charge in [-0.15, -0.1) is 10.2 Å². The summed E-state index contributed by atoms with van der Waals surface area (Å²) in [4.78, 5) is 3.98. The van der Waals surface area contributed by atoms with Gasteiger partial charge in [-0.05, 0) is 18.2 Å². The zero-order valence-corrected chi connectivity index (χ0v) is 9.46. The lowest BCUT2D eigenvalue weighted by molar-refractivity contribution is 1.11. The first kappa shape index (κ1) is 10.0. The first-order valence-corrected chi connectivity index (χ1v) is 5.33. The van der Waals surface area contributed by atoms with Gasteiger partial charge < -0.3 is 5.73 Å². The highest BCUT2D eigenvalue weighted by molar-refractivity contribution is 6.33. The molecule has 84 valence electrons. The number of nitrogens with zero attached hydrogens (tertiary/aromatic N) is 4. The summed E-state index contributed by atoms with van der Waals surface area (Å²) in [7, 11) is 0. The fourth-order valence-corrected chi connectivity index (χ4v) is 1.85. The highest BCUT2D eigenvalue weighted by Crippen LogP contribution is 2.28. The fourth-order valence-electron chi connectivity index (χ4n) is 1.65. The normalized spacial score (nSPS) is 10.9. The average Bonchev–Trinajstić information content (AvgIpc) is 2.76. The first-order chi connectivity index (χ1) is 8.25. The molecule has 0 atom stereocenters. The van der Waals surface area contributed by atoms with Gasteiger partial charge in [0, 0.05) is 23.6 Å². The van der Waals surface area contributed by atoms with Gasteiger partial charge in [0.15, 0.2) is 11.5 Å². The molecular weight excluding hydrogens is 238 g/mol. The van der Waals surface area contributed by atoms with E-state index in [0.717, 1.165) is 5.56 Å². The molecule has 0 bridgehead atoms. The number of aromatic nitrogens is 4. The van der Waals surface area contributed by atoms with E-state index in [2.05, 4.69) is 15.2 Å². The Bertz CT molecular complexity index is 691. The summed E-state index contributed by atoms with van der Waals surface area (Å²) in [6.45, 7) is 0. The maximum atomic E-state index is 6.14. The van der Waals surface area contributed by atoms with Crippen LogP contribution in [0, 0.1) is 0 Å². The highest BCUT2D eigenvalue weighted by Gasteiger charge is 2.11. The lowest BCUT2D eigenvalue weighted by Gasteiger charge is -2.03. The molecular formula is C11H8ClN5. The molecule has 3 rings (SSSR count). The Morgan fingerprint density at radius 3 is 3.00 bits per heavy atom. The third-order valence-electron chi connectivity index (χ3n) is 2.45. The fraction of sp³-hybridized carbons (Fsp3) is 0. The molecule has 3 aromatic rings. The van der Waals surface area contributed by atoms with Gasteiger partial charge in [0.1, 0.15) is 0 Å². The number of benzene rings is 1.